The van der Waals surface area contributed by atoms with E-state index in [-0.39, 0.29) is 11.1 Å². The van der Waals surface area contributed by atoms with Crippen LogP contribution in [-0.2, 0) is 5.41 Å². The Kier molecular flexibility index (Phi) is 5.30. The number of hydrogen-bond acceptors (Lipinski definition) is 4. The highest BCUT2D eigenvalue weighted by Crippen LogP contribution is 2.34. The van der Waals surface area contributed by atoms with Gasteiger partial charge < -0.3 is 5.32 Å². The largest absolute Gasteiger partial charge is 0.379 e. The Morgan fingerprint density at radius 3 is 2.44 bits per heavy atom. The van der Waals surface area contributed by atoms with Gasteiger partial charge in [-0.2, -0.15) is 0 Å². The number of anilines is 1. The van der Waals surface area contributed by atoms with Crippen molar-refractivity contribution in [3.05, 3.63) is 35.0 Å². The van der Waals surface area contributed by atoms with Crippen LogP contribution < -0.4 is 16.6 Å². The van der Waals surface area contributed by atoms with E-state index in [0.29, 0.717) is 11.2 Å². The van der Waals surface area contributed by atoms with Crippen LogP contribution in [0.15, 0.2) is 18.2 Å². The summed E-state index contributed by atoms with van der Waals surface area (Å²) in [7, 11) is 1.52. The molecule has 136 valence electrons. The summed E-state index contributed by atoms with van der Waals surface area (Å²) in [6, 6.07) is 5.20. The summed E-state index contributed by atoms with van der Waals surface area (Å²) in [5, 5.41) is 3.57. The first-order valence-corrected chi connectivity index (χ1v) is 8.37. The minimum Gasteiger partial charge on any atom is -0.379 e. The number of nitrogen functional groups attached to an aromatic ring is 1. The molecule has 1 aromatic heterocycles. The number of carbonyl (C=O) groups is 1. The molecule has 0 aliphatic rings. The number of rotatable bonds is 4. The molecule has 2 rings (SSSR count). The van der Waals surface area contributed by atoms with Crippen molar-refractivity contribution in [2.24, 2.45) is 5.84 Å². The molecule has 0 saturated heterocycles. The second-order valence-corrected chi connectivity index (χ2v) is 7.93. The second kappa shape index (κ2) is 6.81. The predicted molar refractivity (Wildman–Crippen MR) is 100.0 cm³/mol. The van der Waals surface area contributed by atoms with Crippen molar-refractivity contribution in [2.75, 3.05) is 11.9 Å². The molecule has 8 heteroatoms. The van der Waals surface area contributed by atoms with E-state index < -0.39 is 18.1 Å². The van der Waals surface area contributed by atoms with Gasteiger partial charge in [0.15, 0.2) is 0 Å². The van der Waals surface area contributed by atoms with E-state index in [1.54, 1.807) is 18.2 Å². The summed E-state index contributed by atoms with van der Waals surface area (Å²) >= 11 is 0. The number of nitrogens with two attached hydrogens (primary N) is 1. The zero-order valence-electron chi connectivity index (χ0n) is 14.7. The van der Waals surface area contributed by atoms with E-state index in [4.69, 9.17) is 5.84 Å². The smallest absolute Gasteiger partial charge is 0.283 e. The Labute approximate surface area is 147 Å². The minimum atomic E-state index is -2.90. The Hall–Kier alpha value is -1.85. The fourth-order valence-electron chi connectivity index (χ4n) is 2.58. The van der Waals surface area contributed by atoms with Gasteiger partial charge in [-0.05, 0) is 41.7 Å². The fraction of sp³-hybridized carbons (Fsp3) is 0.412. The highest BCUT2D eigenvalue weighted by atomic mass is 31.0. The number of aryl methyl sites for hydroxylation is 1. The lowest BCUT2D eigenvalue weighted by Crippen LogP contribution is -2.31. The van der Waals surface area contributed by atoms with E-state index in [2.05, 4.69) is 15.7 Å². The van der Waals surface area contributed by atoms with E-state index >= 15 is 0 Å². The normalized spacial score (nSPS) is 12.3. The molecule has 1 atom stereocenters. The molecule has 0 aliphatic heterocycles. The molecule has 1 unspecified atom stereocenters. The van der Waals surface area contributed by atoms with Gasteiger partial charge in [0.25, 0.3) is 11.6 Å². The number of pyridine rings is 1. The number of carbonyl (C=O) groups excluding carboxylic acids is 1. The van der Waals surface area contributed by atoms with Gasteiger partial charge in [-0.15, -0.1) is 0 Å². The molecule has 1 aromatic carbocycles. The van der Waals surface area contributed by atoms with E-state index in [0.717, 1.165) is 16.5 Å². The zero-order valence-corrected chi connectivity index (χ0v) is 15.9. The number of alkyl halides is 2. The summed E-state index contributed by atoms with van der Waals surface area (Å²) in [6.45, 7) is 7.36. The number of aromatic nitrogens is 1. The lowest BCUT2D eigenvalue weighted by Gasteiger charge is -2.23. The van der Waals surface area contributed by atoms with Gasteiger partial charge in [0, 0.05) is 11.1 Å². The summed E-state index contributed by atoms with van der Waals surface area (Å²) in [5.41, 5.74) is 2.02. The van der Waals surface area contributed by atoms with Crippen molar-refractivity contribution in [1.29, 1.82) is 0 Å². The van der Waals surface area contributed by atoms with Crippen LogP contribution in [0.3, 0.4) is 0 Å². The highest BCUT2D eigenvalue weighted by Gasteiger charge is 2.24. The van der Waals surface area contributed by atoms with E-state index in [1.165, 1.54) is 9.24 Å². The van der Waals surface area contributed by atoms with Crippen LogP contribution in [-0.4, -0.2) is 23.1 Å². The summed E-state index contributed by atoms with van der Waals surface area (Å²) in [5.74, 6) is 4.73. The highest BCUT2D eigenvalue weighted by molar-refractivity contribution is 7.18. The van der Waals surface area contributed by atoms with Crippen molar-refractivity contribution in [3.63, 3.8) is 0 Å². The molecular weight excluding hydrogens is 345 g/mol. The number of benzene rings is 1. The number of nitrogens with one attached hydrogen (secondary N) is 2. The average molecular weight is 368 g/mol. The standard InChI is InChI=1S/C17H23F2N4OP/c1-9-5-13(15(24)23-20)22-14-11(9)6-10(21-8-17(18,19)25)7-12(14)16(2,3)4/h5-7,21H,8,20,25H2,1-4H3,(H,23,24). The summed E-state index contributed by atoms with van der Waals surface area (Å²) in [4.78, 5) is 16.3. The van der Waals surface area contributed by atoms with Crippen molar-refractivity contribution >= 4 is 31.7 Å². The van der Waals surface area contributed by atoms with Crippen molar-refractivity contribution in [3.8, 4) is 0 Å². The van der Waals surface area contributed by atoms with E-state index in [9.17, 15) is 13.6 Å². The molecule has 4 N–H and O–H groups in total. The maximum absolute atomic E-state index is 13.1. The average Bonchev–Trinajstić information content (AvgIpc) is 2.50. The van der Waals surface area contributed by atoms with E-state index in [1.807, 2.05) is 27.7 Å². The number of fused-ring (bicyclic) bond motifs is 1. The molecule has 1 heterocycles. The Morgan fingerprint density at radius 1 is 1.28 bits per heavy atom. The molecule has 0 radical (unpaired) electrons. The molecule has 0 fully saturated rings. The topological polar surface area (TPSA) is 80.0 Å². The maximum atomic E-state index is 13.1. The van der Waals surface area contributed by atoms with Gasteiger partial charge in [-0.3, -0.25) is 10.2 Å². The van der Waals surface area contributed by atoms with Gasteiger partial charge in [0.1, 0.15) is 5.69 Å². The molecule has 2 aromatic rings. The summed E-state index contributed by atoms with van der Waals surface area (Å²) < 4.78 is 26.3. The molecule has 5 nitrogen and oxygen atoms in total. The van der Waals surface area contributed by atoms with Crippen LogP contribution in [0.5, 0.6) is 0 Å². The van der Waals surface area contributed by atoms with Crippen LogP contribution in [0.25, 0.3) is 10.9 Å². The number of amides is 1. The minimum absolute atomic E-state index is 0.218. The number of hydrazine groups is 1. The van der Waals surface area contributed by atoms with Crippen molar-refractivity contribution in [2.45, 2.75) is 38.8 Å². The number of nitrogens with zero attached hydrogens (tertiary/aromatic N) is 1. The first kappa shape index (κ1) is 19.5. The lowest BCUT2D eigenvalue weighted by molar-refractivity contribution is 0.0948. The molecule has 0 spiro atoms. The number of halogens is 2. The first-order chi connectivity index (χ1) is 11.4. The lowest BCUT2D eigenvalue weighted by atomic mass is 9.84. The zero-order chi connectivity index (χ0) is 19.0. The SMILES string of the molecule is Cc1cc(C(=O)NN)nc2c(C(C)(C)C)cc(NCC(F)(F)P)cc12. The monoisotopic (exact) mass is 368 g/mol. The van der Waals surface area contributed by atoms with Crippen LogP contribution >= 0.6 is 9.24 Å². The molecule has 0 bridgehead atoms. The quantitative estimate of drug-likeness (QED) is 0.335. The van der Waals surface area contributed by atoms with Crippen LogP contribution in [0.2, 0.25) is 0 Å². The molecule has 25 heavy (non-hydrogen) atoms. The summed E-state index contributed by atoms with van der Waals surface area (Å²) in [6.07, 6.45) is 0. The third kappa shape index (κ3) is 4.61. The fourth-order valence-corrected chi connectivity index (χ4v) is 2.68. The van der Waals surface area contributed by atoms with Gasteiger partial charge >= 0.3 is 0 Å². The van der Waals surface area contributed by atoms with Gasteiger partial charge in [-0.25, -0.2) is 19.6 Å². The number of hydrogen-bond donors (Lipinski definition) is 3. The molecule has 1 amide bonds. The molecule has 0 aliphatic carbocycles. The van der Waals surface area contributed by atoms with Gasteiger partial charge in [0.05, 0.1) is 12.1 Å². The van der Waals surface area contributed by atoms with Crippen LogP contribution in [0.4, 0.5) is 14.5 Å². The third-order valence-electron chi connectivity index (χ3n) is 3.82. The van der Waals surface area contributed by atoms with Crippen molar-refractivity contribution in [1.82, 2.24) is 10.4 Å². The maximum Gasteiger partial charge on any atom is 0.283 e. The second-order valence-electron chi connectivity index (χ2n) is 7.08. The Bertz CT molecular complexity index is 813. The van der Waals surface area contributed by atoms with Gasteiger partial charge in [-0.1, -0.05) is 30.0 Å². The van der Waals surface area contributed by atoms with Gasteiger partial charge in [0.2, 0.25) is 0 Å². The Morgan fingerprint density at radius 2 is 1.92 bits per heavy atom. The van der Waals surface area contributed by atoms with Crippen LogP contribution in [0.1, 0.15) is 42.4 Å². The third-order valence-corrected chi connectivity index (χ3v) is 4.02. The molecule has 0 saturated carbocycles. The molecular formula is C17H23F2N4OP. The predicted octanol–water partition coefficient (Wildman–Crippen LogP) is 3.32. The Balaban J connectivity index is 2.67. The van der Waals surface area contributed by atoms with Crippen LogP contribution in [0, 0.1) is 6.92 Å². The van der Waals surface area contributed by atoms with Crippen molar-refractivity contribution < 1.29 is 13.6 Å². The first-order valence-electron chi connectivity index (χ1n) is 7.80.